The second-order valence-corrected chi connectivity index (χ2v) is 6.64. The lowest BCUT2D eigenvalue weighted by molar-refractivity contribution is -0.183. The molecule has 1 aromatic rings. The number of nitrogens with one attached hydrogen (secondary N) is 1. The minimum atomic E-state index is -4.06. The second kappa shape index (κ2) is 7.03. The third-order valence-electron chi connectivity index (χ3n) is 4.91. The van der Waals surface area contributed by atoms with Gasteiger partial charge in [0.15, 0.2) is 5.82 Å². The number of anilines is 1. The molecule has 2 fully saturated rings. The Morgan fingerprint density at radius 3 is 2.70 bits per heavy atom. The Balaban J connectivity index is 1.55. The lowest BCUT2D eigenvalue weighted by Gasteiger charge is -2.38. The maximum atomic E-state index is 12.9. The second-order valence-electron chi connectivity index (χ2n) is 6.64. The first kappa shape index (κ1) is 16.5. The van der Waals surface area contributed by atoms with Gasteiger partial charge in [0.2, 0.25) is 0 Å². The van der Waals surface area contributed by atoms with Crippen LogP contribution in [0.2, 0.25) is 0 Å². The van der Waals surface area contributed by atoms with E-state index in [2.05, 4.69) is 20.4 Å². The molecule has 3 atom stereocenters. The van der Waals surface area contributed by atoms with Crippen molar-refractivity contribution in [1.29, 1.82) is 0 Å². The van der Waals surface area contributed by atoms with E-state index >= 15 is 0 Å². The molecule has 23 heavy (non-hydrogen) atoms. The van der Waals surface area contributed by atoms with Gasteiger partial charge in [-0.25, -0.2) is 0 Å². The van der Waals surface area contributed by atoms with E-state index in [9.17, 15) is 13.2 Å². The fraction of sp³-hybridized carbons (Fsp3) is 0.750. The fourth-order valence-electron chi connectivity index (χ4n) is 3.76. The molecule has 2 heterocycles. The summed E-state index contributed by atoms with van der Waals surface area (Å²) in [6, 6.07) is 3.98. The van der Waals surface area contributed by atoms with E-state index in [4.69, 9.17) is 0 Å². The van der Waals surface area contributed by atoms with Crippen LogP contribution in [0, 0.1) is 5.92 Å². The van der Waals surface area contributed by atoms with Crippen LogP contribution < -0.4 is 10.2 Å². The summed E-state index contributed by atoms with van der Waals surface area (Å²) in [6.07, 6.45) is 1.59. The van der Waals surface area contributed by atoms with Crippen LogP contribution in [0.3, 0.4) is 0 Å². The van der Waals surface area contributed by atoms with Crippen molar-refractivity contribution in [3.63, 3.8) is 0 Å². The molecule has 0 spiro atoms. The number of rotatable bonds is 3. The van der Waals surface area contributed by atoms with Crippen molar-refractivity contribution in [2.45, 2.75) is 56.8 Å². The summed E-state index contributed by atoms with van der Waals surface area (Å²) < 4.78 is 38.8. The first-order valence-corrected chi connectivity index (χ1v) is 8.38. The largest absolute Gasteiger partial charge is 0.391 e. The summed E-state index contributed by atoms with van der Waals surface area (Å²) in [5, 5.41) is 11.5. The van der Waals surface area contributed by atoms with Crippen molar-refractivity contribution < 1.29 is 13.2 Å². The number of hydrogen-bond donors (Lipinski definition) is 1. The summed E-state index contributed by atoms with van der Waals surface area (Å²) in [4.78, 5) is 2.16. The highest BCUT2D eigenvalue weighted by Gasteiger charge is 2.42. The van der Waals surface area contributed by atoms with Gasteiger partial charge >= 0.3 is 6.18 Å². The minimum Gasteiger partial charge on any atom is -0.354 e. The molecule has 2 aliphatic rings. The fourth-order valence-corrected chi connectivity index (χ4v) is 3.76. The third-order valence-corrected chi connectivity index (χ3v) is 4.91. The lowest BCUT2D eigenvalue weighted by atomic mass is 9.84. The van der Waals surface area contributed by atoms with E-state index in [1.54, 1.807) is 6.20 Å². The molecule has 1 saturated carbocycles. The van der Waals surface area contributed by atoms with Gasteiger partial charge in [0, 0.05) is 31.4 Å². The molecule has 1 saturated heterocycles. The smallest absolute Gasteiger partial charge is 0.354 e. The van der Waals surface area contributed by atoms with Crippen LogP contribution in [0.5, 0.6) is 0 Å². The molecule has 4 nitrogen and oxygen atoms in total. The lowest BCUT2D eigenvalue weighted by Crippen LogP contribution is -2.51. The van der Waals surface area contributed by atoms with Crippen molar-refractivity contribution in [2.75, 3.05) is 18.0 Å². The van der Waals surface area contributed by atoms with Gasteiger partial charge in [-0.05, 0) is 44.2 Å². The number of halogens is 3. The Morgan fingerprint density at radius 1 is 1.13 bits per heavy atom. The third kappa shape index (κ3) is 4.34. The van der Waals surface area contributed by atoms with E-state index in [0.29, 0.717) is 6.42 Å². The van der Waals surface area contributed by atoms with Crippen molar-refractivity contribution in [3.05, 3.63) is 18.3 Å². The van der Waals surface area contributed by atoms with Crippen molar-refractivity contribution in [2.24, 2.45) is 5.92 Å². The Morgan fingerprint density at radius 2 is 1.96 bits per heavy atom. The monoisotopic (exact) mass is 328 g/mol. The number of nitrogens with zero attached hydrogens (tertiary/aromatic N) is 3. The number of hydrogen-bond acceptors (Lipinski definition) is 4. The highest BCUT2D eigenvalue weighted by Crippen LogP contribution is 2.37. The van der Waals surface area contributed by atoms with E-state index in [1.165, 1.54) is 0 Å². The van der Waals surface area contributed by atoms with Crippen LogP contribution in [0.1, 0.15) is 38.5 Å². The highest BCUT2D eigenvalue weighted by molar-refractivity contribution is 5.37. The Bertz CT molecular complexity index is 494. The van der Waals surface area contributed by atoms with E-state index in [1.807, 2.05) is 12.1 Å². The molecule has 0 bridgehead atoms. The normalized spacial score (nSPS) is 29.5. The SMILES string of the molecule is FC(F)(F)C1CCCC(NC2CCCN(c3cccnn3)C2)C1. The molecule has 0 amide bonds. The van der Waals surface area contributed by atoms with Gasteiger partial charge in [0.05, 0.1) is 5.92 Å². The molecular formula is C16H23F3N4. The number of aromatic nitrogens is 2. The first-order valence-electron chi connectivity index (χ1n) is 8.38. The zero-order valence-electron chi connectivity index (χ0n) is 13.1. The Kier molecular flexibility index (Phi) is 5.04. The van der Waals surface area contributed by atoms with E-state index in [0.717, 1.165) is 38.2 Å². The topological polar surface area (TPSA) is 41.0 Å². The van der Waals surface area contributed by atoms with Crippen molar-refractivity contribution in [3.8, 4) is 0 Å². The van der Waals surface area contributed by atoms with Gasteiger partial charge in [0.25, 0.3) is 0 Å². The molecule has 128 valence electrons. The van der Waals surface area contributed by atoms with Crippen LogP contribution >= 0.6 is 0 Å². The summed E-state index contributed by atoms with van der Waals surface area (Å²) in [7, 11) is 0. The van der Waals surface area contributed by atoms with Gasteiger partial charge in [0.1, 0.15) is 0 Å². The van der Waals surface area contributed by atoms with E-state index in [-0.39, 0.29) is 24.9 Å². The van der Waals surface area contributed by atoms with Gasteiger partial charge in [-0.1, -0.05) is 6.42 Å². The highest BCUT2D eigenvalue weighted by atomic mass is 19.4. The number of alkyl halides is 3. The molecule has 1 aliphatic heterocycles. The van der Waals surface area contributed by atoms with Crippen LogP contribution in [-0.2, 0) is 0 Å². The average Bonchev–Trinajstić information content (AvgIpc) is 2.55. The predicted octanol–water partition coefficient (Wildman–Crippen LogP) is 3.16. The van der Waals surface area contributed by atoms with E-state index < -0.39 is 12.1 Å². The molecule has 3 unspecified atom stereocenters. The van der Waals surface area contributed by atoms with Crippen LogP contribution in [0.4, 0.5) is 19.0 Å². The maximum Gasteiger partial charge on any atom is 0.391 e. The van der Waals surface area contributed by atoms with Crippen LogP contribution in [-0.4, -0.2) is 41.5 Å². The molecule has 7 heteroatoms. The van der Waals surface area contributed by atoms with Crippen molar-refractivity contribution >= 4 is 5.82 Å². The first-order chi connectivity index (χ1) is 11.0. The molecule has 1 aromatic heterocycles. The number of piperidine rings is 1. The molecule has 3 rings (SSSR count). The molecular weight excluding hydrogens is 305 g/mol. The zero-order valence-corrected chi connectivity index (χ0v) is 13.1. The zero-order chi connectivity index (χ0) is 16.3. The molecule has 0 aromatic carbocycles. The van der Waals surface area contributed by atoms with Gasteiger partial charge < -0.3 is 10.2 Å². The van der Waals surface area contributed by atoms with Gasteiger partial charge in [-0.3, -0.25) is 0 Å². The maximum absolute atomic E-state index is 12.9. The summed E-state index contributed by atoms with van der Waals surface area (Å²) in [6.45, 7) is 1.71. The standard InChI is InChI=1S/C16H23F3N4/c17-16(18,19)12-4-1-5-13(10-12)21-14-6-3-9-23(11-14)15-7-2-8-20-22-15/h2,7-8,12-14,21H,1,3-6,9-11H2. The van der Waals surface area contributed by atoms with Gasteiger partial charge in [-0.2, -0.15) is 18.3 Å². The molecule has 1 N–H and O–H groups in total. The summed E-state index contributed by atoms with van der Waals surface area (Å²) >= 11 is 0. The molecule has 1 aliphatic carbocycles. The summed E-state index contributed by atoms with van der Waals surface area (Å²) in [5.74, 6) is -0.302. The average molecular weight is 328 g/mol. The predicted molar refractivity (Wildman–Crippen MR) is 82.2 cm³/mol. The Labute approximate surface area is 134 Å². The summed E-state index contributed by atoms with van der Waals surface area (Å²) in [5.41, 5.74) is 0. The minimum absolute atomic E-state index is 0.0258. The van der Waals surface area contributed by atoms with Crippen molar-refractivity contribution in [1.82, 2.24) is 15.5 Å². The van der Waals surface area contributed by atoms with Crippen LogP contribution in [0.25, 0.3) is 0 Å². The van der Waals surface area contributed by atoms with Crippen LogP contribution in [0.15, 0.2) is 18.3 Å². The quantitative estimate of drug-likeness (QED) is 0.925. The Hall–Kier alpha value is -1.37. The molecule has 0 radical (unpaired) electrons. The van der Waals surface area contributed by atoms with Gasteiger partial charge in [-0.15, -0.1) is 5.10 Å².